The van der Waals surface area contributed by atoms with Gasteiger partial charge in [0.05, 0.1) is 12.2 Å². The van der Waals surface area contributed by atoms with Crippen molar-refractivity contribution in [1.29, 1.82) is 0 Å². The van der Waals surface area contributed by atoms with Gasteiger partial charge in [0, 0.05) is 6.54 Å². The lowest BCUT2D eigenvalue weighted by atomic mass is 9.90. The van der Waals surface area contributed by atoms with Crippen molar-refractivity contribution in [2.45, 2.75) is 57.2 Å². The molecule has 18 heavy (non-hydrogen) atoms. The minimum Gasteiger partial charge on any atom is -0.390 e. The topological polar surface area (TPSA) is 43.7 Å². The van der Waals surface area contributed by atoms with Crippen LogP contribution in [0.2, 0.25) is 0 Å². The summed E-state index contributed by atoms with van der Waals surface area (Å²) in [5, 5.41) is 19.5. The van der Waals surface area contributed by atoms with Crippen molar-refractivity contribution in [1.82, 2.24) is 4.90 Å². The molecule has 3 nitrogen and oxygen atoms in total. The van der Waals surface area contributed by atoms with Crippen LogP contribution in [0.25, 0.3) is 0 Å². The quantitative estimate of drug-likeness (QED) is 0.734. The maximum Gasteiger partial charge on any atom is 0.0839 e. The van der Waals surface area contributed by atoms with E-state index < -0.39 is 12.2 Å². The van der Waals surface area contributed by atoms with E-state index >= 15 is 0 Å². The number of hydrogen-bond acceptors (Lipinski definition) is 3. The van der Waals surface area contributed by atoms with Crippen LogP contribution in [0.5, 0.6) is 0 Å². The van der Waals surface area contributed by atoms with Gasteiger partial charge in [-0.3, -0.25) is 0 Å². The summed E-state index contributed by atoms with van der Waals surface area (Å²) in [6.07, 6.45) is 6.84. The lowest BCUT2D eigenvalue weighted by molar-refractivity contribution is 0.0144. The smallest absolute Gasteiger partial charge is 0.0839 e. The Hall–Kier alpha value is -0.380. The maximum absolute atomic E-state index is 9.74. The van der Waals surface area contributed by atoms with E-state index in [0.717, 1.165) is 18.8 Å². The van der Waals surface area contributed by atoms with Crippen LogP contribution >= 0.6 is 0 Å². The first kappa shape index (κ1) is 12.6. The highest BCUT2D eigenvalue weighted by Crippen LogP contribution is 2.40. The van der Waals surface area contributed by atoms with E-state index in [9.17, 15) is 10.2 Å². The van der Waals surface area contributed by atoms with Crippen molar-refractivity contribution in [3.05, 3.63) is 11.1 Å². The zero-order valence-corrected chi connectivity index (χ0v) is 11.1. The molecule has 0 saturated carbocycles. The van der Waals surface area contributed by atoms with Crippen molar-refractivity contribution in [2.24, 2.45) is 5.92 Å². The average Bonchev–Trinajstić information content (AvgIpc) is 2.72. The molecule has 0 unspecified atom stereocenters. The van der Waals surface area contributed by atoms with E-state index in [-0.39, 0.29) is 0 Å². The molecule has 1 fully saturated rings. The van der Waals surface area contributed by atoms with Gasteiger partial charge in [-0.05, 0) is 57.5 Å². The first-order valence-electron chi connectivity index (χ1n) is 7.50. The Morgan fingerprint density at radius 1 is 0.833 bits per heavy atom. The number of aliphatic hydroxyl groups excluding tert-OH is 2. The molecule has 3 rings (SSSR count). The van der Waals surface area contributed by atoms with Gasteiger partial charge in [-0.15, -0.1) is 0 Å². The van der Waals surface area contributed by atoms with Crippen molar-refractivity contribution in [2.75, 3.05) is 19.6 Å². The summed E-state index contributed by atoms with van der Waals surface area (Å²) in [7, 11) is 0. The highest BCUT2D eigenvalue weighted by Gasteiger charge is 2.33. The molecule has 1 aliphatic heterocycles. The van der Waals surface area contributed by atoms with Crippen molar-refractivity contribution < 1.29 is 10.2 Å². The van der Waals surface area contributed by atoms with E-state index in [1.54, 1.807) is 0 Å². The van der Waals surface area contributed by atoms with E-state index in [1.807, 2.05) is 0 Å². The highest BCUT2D eigenvalue weighted by molar-refractivity contribution is 5.26. The number of nitrogens with zero attached hydrogens (tertiary/aromatic N) is 1. The van der Waals surface area contributed by atoms with E-state index in [1.165, 1.54) is 50.0 Å². The second-order valence-corrected chi connectivity index (χ2v) is 6.39. The van der Waals surface area contributed by atoms with Gasteiger partial charge in [-0.25, -0.2) is 0 Å². The number of aliphatic hydroxyl groups is 2. The summed E-state index contributed by atoms with van der Waals surface area (Å²) >= 11 is 0. The molecule has 0 aromatic heterocycles. The standard InChI is InChI=1S/C15H25NO2/c17-14-8-12-6-11(7-13(12)9-15(14)18)10-16-4-2-1-3-5-16/h11,14-15,17-18H,1-10H2/t14-,15-/m0/s1. The molecular formula is C15H25NO2. The molecule has 0 bridgehead atoms. The lowest BCUT2D eigenvalue weighted by Crippen LogP contribution is -2.33. The fraction of sp³-hybridized carbons (Fsp3) is 0.867. The molecule has 1 saturated heterocycles. The number of likely N-dealkylation sites (tertiary alicyclic amines) is 1. The summed E-state index contributed by atoms with van der Waals surface area (Å²) in [5.74, 6) is 0.741. The summed E-state index contributed by atoms with van der Waals surface area (Å²) in [6, 6.07) is 0. The molecule has 2 aliphatic carbocycles. The van der Waals surface area contributed by atoms with Crippen LogP contribution in [0.4, 0.5) is 0 Å². The van der Waals surface area contributed by atoms with Crippen LogP contribution in [0.3, 0.4) is 0 Å². The van der Waals surface area contributed by atoms with Crippen molar-refractivity contribution >= 4 is 0 Å². The monoisotopic (exact) mass is 251 g/mol. The summed E-state index contributed by atoms with van der Waals surface area (Å²) in [5.41, 5.74) is 2.91. The fourth-order valence-corrected chi connectivity index (χ4v) is 3.93. The van der Waals surface area contributed by atoms with Gasteiger partial charge in [0.15, 0.2) is 0 Å². The zero-order chi connectivity index (χ0) is 12.5. The van der Waals surface area contributed by atoms with Crippen LogP contribution in [0.15, 0.2) is 11.1 Å². The summed E-state index contributed by atoms with van der Waals surface area (Å²) in [6.45, 7) is 3.76. The average molecular weight is 251 g/mol. The second kappa shape index (κ2) is 5.32. The summed E-state index contributed by atoms with van der Waals surface area (Å²) in [4.78, 5) is 2.61. The van der Waals surface area contributed by atoms with E-state index in [0.29, 0.717) is 12.8 Å². The largest absolute Gasteiger partial charge is 0.390 e. The lowest BCUT2D eigenvalue weighted by Gasteiger charge is -2.29. The Morgan fingerprint density at radius 3 is 1.94 bits per heavy atom. The molecule has 2 atom stereocenters. The molecule has 2 N–H and O–H groups in total. The van der Waals surface area contributed by atoms with Gasteiger partial charge in [-0.2, -0.15) is 0 Å². The molecular weight excluding hydrogens is 226 g/mol. The third kappa shape index (κ3) is 2.63. The molecule has 102 valence electrons. The number of piperidine rings is 1. The predicted octanol–water partition coefficient (Wildman–Crippen LogP) is 1.69. The van der Waals surface area contributed by atoms with Crippen LogP contribution < -0.4 is 0 Å². The Labute approximate surface area is 109 Å². The Morgan fingerprint density at radius 2 is 1.39 bits per heavy atom. The molecule has 0 radical (unpaired) electrons. The second-order valence-electron chi connectivity index (χ2n) is 6.39. The molecule has 3 heteroatoms. The molecule has 0 aromatic carbocycles. The molecule has 3 aliphatic rings. The van der Waals surface area contributed by atoms with Crippen LogP contribution in [-0.2, 0) is 0 Å². The third-order valence-corrected chi connectivity index (χ3v) is 4.89. The maximum atomic E-state index is 9.74. The van der Waals surface area contributed by atoms with E-state index in [4.69, 9.17) is 0 Å². The van der Waals surface area contributed by atoms with Crippen LogP contribution in [0.1, 0.15) is 44.9 Å². The Bertz CT molecular complexity index is 311. The van der Waals surface area contributed by atoms with Gasteiger partial charge in [0.2, 0.25) is 0 Å². The Balaban J connectivity index is 1.54. The first-order chi connectivity index (χ1) is 8.72. The molecule has 1 heterocycles. The van der Waals surface area contributed by atoms with Crippen molar-refractivity contribution in [3.8, 4) is 0 Å². The molecule has 0 aromatic rings. The minimum atomic E-state index is -0.516. The normalized spacial score (nSPS) is 35.0. The van der Waals surface area contributed by atoms with Gasteiger partial charge >= 0.3 is 0 Å². The number of hydrogen-bond donors (Lipinski definition) is 2. The van der Waals surface area contributed by atoms with Gasteiger partial charge in [0.25, 0.3) is 0 Å². The minimum absolute atomic E-state index is 0.516. The van der Waals surface area contributed by atoms with Gasteiger partial charge < -0.3 is 15.1 Å². The fourth-order valence-electron chi connectivity index (χ4n) is 3.93. The van der Waals surface area contributed by atoms with E-state index in [2.05, 4.69) is 4.90 Å². The van der Waals surface area contributed by atoms with Crippen LogP contribution in [-0.4, -0.2) is 47.0 Å². The predicted molar refractivity (Wildman–Crippen MR) is 71.3 cm³/mol. The highest BCUT2D eigenvalue weighted by atomic mass is 16.3. The van der Waals surface area contributed by atoms with Gasteiger partial charge in [-0.1, -0.05) is 17.6 Å². The third-order valence-electron chi connectivity index (χ3n) is 4.89. The van der Waals surface area contributed by atoms with Crippen molar-refractivity contribution in [3.63, 3.8) is 0 Å². The van der Waals surface area contributed by atoms with Gasteiger partial charge in [0.1, 0.15) is 0 Å². The first-order valence-corrected chi connectivity index (χ1v) is 7.50. The number of rotatable bonds is 2. The van der Waals surface area contributed by atoms with Crippen LogP contribution in [0, 0.1) is 5.92 Å². The zero-order valence-electron chi connectivity index (χ0n) is 11.1. The Kier molecular flexibility index (Phi) is 3.73. The summed E-state index contributed by atoms with van der Waals surface area (Å²) < 4.78 is 0. The molecule has 0 spiro atoms. The molecule has 0 amide bonds. The SMILES string of the molecule is O[C@H]1CC2=C(CC(CN3CCCCC3)C2)C[C@@H]1O.